The van der Waals surface area contributed by atoms with Gasteiger partial charge < -0.3 is 10.5 Å². The Labute approximate surface area is 96.7 Å². The van der Waals surface area contributed by atoms with Crippen LogP contribution in [0.5, 0.6) is 5.88 Å². The topological polar surface area (TPSA) is 65.2 Å². The van der Waals surface area contributed by atoms with Crippen molar-refractivity contribution in [1.29, 1.82) is 0 Å². The van der Waals surface area contributed by atoms with Crippen molar-refractivity contribution in [3.8, 4) is 16.3 Å². The number of carbonyl (C=O) groups is 1. The van der Waals surface area contributed by atoms with Gasteiger partial charge in [0, 0.05) is 16.5 Å². The summed E-state index contributed by atoms with van der Waals surface area (Å²) >= 11 is 1.44. The summed E-state index contributed by atoms with van der Waals surface area (Å²) < 4.78 is 5.15. The number of ether oxygens (including phenoxy) is 1. The molecule has 2 aromatic rings. The van der Waals surface area contributed by atoms with E-state index < -0.39 is 5.91 Å². The van der Waals surface area contributed by atoms with E-state index in [9.17, 15) is 4.79 Å². The summed E-state index contributed by atoms with van der Waals surface area (Å²) in [6.45, 7) is 0. The second kappa shape index (κ2) is 4.32. The fraction of sp³-hybridized carbons (Fsp3) is 0.0909. The summed E-state index contributed by atoms with van der Waals surface area (Å²) in [5, 5.41) is 1.73. The molecule has 2 N–H and O–H groups in total. The van der Waals surface area contributed by atoms with Crippen LogP contribution in [0, 0.1) is 0 Å². The second-order valence-electron chi connectivity index (χ2n) is 3.12. The molecule has 2 aromatic heterocycles. The van der Waals surface area contributed by atoms with Crippen molar-refractivity contribution in [2.45, 2.75) is 0 Å². The number of methoxy groups -OCH3 is 1. The lowest BCUT2D eigenvalue weighted by Gasteiger charge is -2.03. The van der Waals surface area contributed by atoms with Crippen LogP contribution in [0.4, 0.5) is 0 Å². The largest absolute Gasteiger partial charge is 0.481 e. The smallest absolute Gasteiger partial charge is 0.249 e. The summed E-state index contributed by atoms with van der Waals surface area (Å²) in [4.78, 5) is 16.0. The zero-order chi connectivity index (χ0) is 11.5. The average molecular weight is 234 g/mol. The number of rotatable bonds is 3. The van der Waals surface area contributed by atoms with Crippen molar-refractivity contribution in [1.82, 2.24) is 4.98 Å². The first kappa shape index (κ1) is 10.6. The molecule has 0 spiro atoms. The van der Waals surface area contributed by atoms with E-state index in [1.165, 1.54) is 11.3 Å². The zero-order valence-corrected chi connectivity index (χ0v) is 9.45. The van der Waals surface area contributed by atoms with Gasteiger partial charge in [0.15, 0.2) is 0 Å². The van der Waals surface area contributed by atoms with E-state index >= 15 is 0 Å². The Morgan fingerprint density at radius 2 is 2.38 bits per heavy atom. The van der Waals surface area contributed by atoms with E-state index in [0.29, 0.717) is 11.4 Å². The molecule has 0 saturated carbocycles. The molecule has 1 amide bonds. The van der Waals surface area contributed by atoms with Crippen molar-refractivity contribution in [2.75, 3.05) is 7.11 Å². The first-order chi connectivity index (χ1) is 7.72. The number of carbonyl (C=O) groups excluding carboxylic acids is 1. The molecule has 0 aliphatic rings. The number of thiophene rings is 1. The van der Waals surface area contributed by atoms with E-state index in [1.807, 2.05) is 12.1 Å². The van der Waals surface area contributed by atoms with Crippen LogP contribution < -0.4 is 10.5 Å². The van der Waals surface area contributed by atoms with Crippen molar-refractivity contribution in [2.24, 2.45) is 5.73 Å². The molecule has 82 valence electrons. The normalized spacial score (nSPS) is 10.1. The molecule has 0 aromatic carbocycles. The van der Waals surface area contributed by atoms with Crippen LogP contribution >= 0.6 is 11.3 Å². The third kappa shape index (κ3) is 1.90. The van der Waals surface area contributed by atoms with Crippen LogP contribution in [0.15, 0.2) is 29.8 Å². The van der Waals surface area contributed by atoms with Gasteiger partial charge in [-0.1, -0.05) is 0 Å². The summed E-state index contributed by atoms with van der Waals surface area (Å²) in [5.74, 6) is 0.116. The molecule has 0 atom stereocenters. The number of nitrogens with two attached hydrogens (primary N) is 1. The van der Waals surface area contributed by atoms with Gasteiger partial charge in [-0.3, -0.25) is 4.79 Å². The van der Waals surface area contributed by atoms with E-state index in [2.05, 4.69) is 4.98 Å². The van der Waals surface area contributed by atoms with Crippen molar-refractivity contribution < 1.29 is 9.53 Å². The van der Waals surface area contributed by atoms with Gasteiger partial charge >= 0.3 is 0 Å². The summed E-state index contributed by atoms with van der Waals surface area (Å²) in [6, 6.07) is 5.45. The minimum atomic E-state index is -0.426. The highest BCUT2D eigenvalue weighted by Crippen LogP contribution is 2.32. The average Bonchev–Trinajstić information content (AvgIpc) is 2.78. The van der Waals surface area contributed by atoms with Gasteiger partial charge in [0.2, 0.25) is 11.8 Å². The van der Waals surface area contributed by atoms with Crippen LogP contribution in [0.1, 0.15) is 10.4 Å². The van der Waals surface area contributed by atoms with Crippen molar-refractivity contribution in [3.05, 3.63) is 35.3 Å². The molecule has 0 unspecified atom stereocenters. The van der Waals surface area contributed by atoms with Gasteiger partial charge in [0.25, 0.3) is 0 Å². The van der Waals surface area contributed by atoms with Gasteiger partial charge in [0.05, 0.1) is 18.2 Å². The number of amides is 1. The number of pyridine rings is 1. The van der Waals surface area contributed by atoms with Gasteiger partial charge in [0.1, 0.15) is 0 Å². The molecule has 5 heteroatoms. The van der Waals surface area contributed by atoms with Crippen LogP contribution in [0.2, 0.25) is 0 Å². The predicted octanol–water partition coefficient (Wildman–Crippen LogP) is 1.92. The summed E-state index contributed by atoms with van der Waals surface area (Å²) in [5.41, 5.74) is 6.57. The third-order valence-corrected chi connectivity index (χ3v) is 3.08. The lowest BCUT2D eigenvalue weighted by Crippen LogP contribution is -2.08. The van der Waals surface area contributed by atoms with Gasteiger partial charge in [-0.25, -0.2) is 4.98 Å². The molecule has 0 radical (unpaired) electrons. The molecule has 0 aliphatic heterocycles. The Kier molecular flexibility index (Phi) is 2.87. The minimum absolute atomic E-state index is 0.426. The summed E-state index contributed by atoms with van der Waals surface area (Å²) in [7, 11) is 1.56. The Hall–Kier alpha value is -1.88. The number of primary amides is 1. The molecular formula is C11H10N2O2S. The van der Waals surface area contributed by atoms with Crippen LogP contribution in [0.25, 0.3) is 10.4 Å². The first-order valence-electron chi connectivity index (χ1n) is 4.60. The molecule has 0 aliphatic carbocycles. The molecule has 2 heterocycles. The Balaban J connectivity index is 2.46. The highest BCUT2D eigenvalue weighted by molar-refractivity contribution is 7.13. The number of aromatic nitrogens is 1. The first-order valence-corrected chi connectivity index (χ1v) is 5.48. The number of nitrogens with zero attached hydrogens (tertiary/aromatic N) is 1. The van der Waals surface area contributed by atoms with Crippen molar-refractivity contribution in [3.63, 3.8) is 0 Å². The maximum atomic E-state index is 11.0. The SMILES string of the molecule is COc1ncccc1-c1cc(C(N)=O)cs1. The zero-order valence-electron chi connectivity index (χ0n) is 8.64. The predicted molar refractivity (Wildman–Crippen MR) is 62.6 cm³/mol. The van der Waals surface area contributed by atoms with Crippen molar-refractivity contribution >= 4 is 17.2 Å². The van der Waals surface area contributed by atoms with E-state index in [0.717, 1.165) is 10.4 Å². The van der Waals surface area contributed by atoms with E-state index in [4.69, 9.17) is 10.5 Å². The minimum Gasteiger partial charge on any atom is -0.481 e. The fourth-order valence-corrected chi connectivity index (χ4v) is 2.26. The Morgan fingerprint density at radius 3 is 3.00 bits per heavy atom. The standard InChI is InChI=1S/C11H10N2O2S/c1-15-11-8(3-2-4-13-11)9-5-7(6-16-9)10(12)14/h2-6H,1H3,(H2,12,14). The quantitative estimate of drug-likeness (QED) is 0.882. The maximum Gasteiger partial charge on any atom is 0.249 e. The van der Waals surface area contributed by atoms with Crippen LogP contribution in [-0.4, -0.2) is 18.0 Å². The number of hydrogen-bond donors (Lipinski definition) is 1. The Bertz CT molecular complexity index is 522. The lowest BCUT2D eigenvalue weighted by molar-refractivity contribution is 0.100. The van der Waals surface area contributed by atoms with Gasteiger partial charge in [-0.05, 0) is 18.2 Å². The van der Waals surface area contributed by atoms with Crippen LogP contribution in [0.3, 0.4) is 0 Å². The molecule has 4 nitrogen and oxygen atoms in total. The summed E-state index contributed by atoms with van der Waals surface area (Å²) in [6.07, 6.45) is 1.66. The maximum absolute atomic E-state index is 11.0. The highest BCUT2D eigenvalue weighted by atomic mass is 32.1. The molecule has 0 bridgehead atoms. The fourth-order valence-electron chi connectivity index (χ4n) is 1.35. The van der Waals surface area contributed by atoms with Crippen LogP contribution in [-0.2, 0) is 0 Å². The molecule has 16 heavy (non-hydrogen) atoms. The highest BCUT2D eigenvalue weighted by Gasteiger charge is 2.10. The third-order valence-electron chi connectivity index (χ3n) is 2.11. The molecule has 0 fully saturated rings. The lowest BCUT2D eigenvalue weighted by atomic mass is 10.2. The molecular weight excluding hydrogens is 224 g/mol. The van der Waals surface area contributed by atoms with E-state index in [1.54, 1.807) is 24.8 Å². The molecule has 2 rings (SSSR count). The van der Waals surface area contributed by atoms with Gasteiger partial charge in [-0.2, -0.15) is 0 Å². The van der Waals surface area contributed by atoms with E-state index in [-0.39, 0.29) is 0 Å². The second-order valence-corrected chi connectivity index (χ2v) is 4.04. The van der Waals surface area contributed by atoms with Gasteiger partial charge in [-0.15, -0.1) is 11.3 Å². The number of hydrogen-bond acceptors (Lipinski definition) is 4. The Morgan fingerprint density at radius 1 is 1.56 bits per heavy atom. The monoisotopic (exact) mass is 234 g/mol. The molecule has 0 saturated heterocycles.